The third-order valence-corrected chi connectivity index (χ3v) is 2.76. The quantitative estimate of drug-likeness (QED) is 0.532. The number of methoxy groups -OCH3 is 1. The van der Waals surface area contributed by atoms with E-state index in [2.05, 4.69) is 15.4 Å². The second kappa shape index (κ2) is 7.20. The van der Waals surface area contributed by atoms with Gasteiger partial charge in [0.15, 0.2) is 6.10 Å². The van der Waals surface area contributed by atoms with E-state index in [0.717, 1.165) is 0 Å². The second-order valence-electron chi connectivity index (χ2n) is 4.10. The summed E-state index contributed by atoms with van der Waals surface area (Å²) in [6.45, 7) is 1.27. The molecule has 0 saturated heterocycles. The fraction of sp³-hybridized carbons (Fsp3) is 0.333. The number of nitrogens with zero attached hydrogens (tertiary/aromatic N) is 1. The molecule has 0 fully saturated rings. The third-order valence-electron chi connectivity index (χ3n) is 2.76. The fourth-order valence-electron chi connectivity index (χ4n) is 1.58. The SMILES string of the molecule is COC(CNC(=O)Nc1cccc([N+](=O)[O-])c1C)C(=O)O. The summed E-state index contributed by atoms with van der Waals surface area (Å²) < 4.78 is 4.66. The van der Waals surface area contributed by atoms with Crippen molar-refractivity contribution in [2.75, 3.05) is 19.0 Å². The van der Waals surface area contributed by atoms with E-state index in [9.17, 15) is 19.7 Å². The molecule has 0 bridgehead atoms. The van der Waals surface area contributed by atoms with Crippen LogP contribution in [0.4, 0.5) is 16.2 Å². The number of ether oxygens (including phenoxy) is 1. The summed E-state index contributed by atoms with van der Waals surface area (Å²) in [6.07, 6.45) is -1.16. The smallest absolute Gasteiger partial charge is 0.334 e. The van der Waals surface area contributed by atoms with Crippen LogP contribution in [0.5, 0.6) is 0 Å². The van der Waals surface area contributed by atoms with Crippen molar-refractivity contribution in [1.82, 2.24) is 5.32 Å². The molecule has 1 aromatic rings. The molecule has 0 aliphatic carbocycles. The van der Waals surface area contributed by atoms with Crippen molar-refractivity contribution in [1.29, 1.82) is 0 Å². The first kappa shape index (κ1) is 16.4. The second-order valence-corrected chi connectivity index (χ2v) is 4.10. The minimum Gasteiger partial charge on any atom is -0.479 e. The van der Waals surface area contributed by atoms with Crippen LogP contribution in [0.1, 0.15) is 5.56 Å². The Labute approximate surface area is 120 Å². The summed E-state index contributed by atoms with van der Waals surface area (Å²) in [5, 5.41) is 24.3. The van der Waals surface area contributed by atoms with Gasteiger partial charge in [-0.15, -0.1) is 0 Å². The standard InChI is InChI=1S/C12H15N3O6/c1-7-8(4-3-5-9(7)15(19)20)14-12(18)13-6-10(21-2)11(16)17/h3-5,10H,6H2,1-2H3,(H,16,17)(H2,13,14,18). The number of amides is 2. The van der Waals surface area contributed by atoms with Crippen molar-refractivity contribution in [3.8, 4) is 0 Å². The number of nitro benzene ring substituents is 1. The molecule has 0 aliphatic rings. The van der Waals surface area contributed by atoms with Gasteiger partial charge in [0.05, 0.1) is 22.7 Å². The molecule has 3 N–H and O–H groups in total. The normalized spacial score (nSPS) is 11.5. The van der Waals surface area contributed by atoms with Crippen LogP contribution >= 0.6 is 0 Å². The molecule has 0 radical (unpaired) electrons. The molecule has 9 heteroatoms. The van der Waals surface area contributed by atoms with Crippen LogP contribution in [0.25, 0.3) is 0 Å². The number of carboxylic acid groups (broad SMARTS) is 1. The first-order chi connectivity index (χ1) is 9.86. The predicted octanol–water partition coefficient (Wildman–Crippen LogP) is 1.12. The maximum Gasteiger partial charge on any atom is 0.334 e. The van der Waals surface area contributed by atoms with Gasteiger partial charge in [-0.05, 0) is 13.0 Å². The van der Waals surface area contributed by atoms with Gasteiger partial charge in [0.2, 0.25) is 0 Å². The van der Waals surface area contributed by atoms with Gasteiger partial charge in [0.1, 0.15) is 0 Å². The number of hydrogen-bond donors (Lipinski definition) is 3. The van der Waals surface area contributed by atoms with Crippen LogP contribution < -0.4 is 10.6 Å². The molecule has 2 amide bonds. The van der Waals surface area contributed by atoms with Crippen LogP contribution in [0.3, 0.4) is 0 Å². The zero-order valence-corrected chi connectivity index (χ0v) is 11.5. The number of carbonyl (C=O) groups is 2. The molecule has 1 aromatic carbocycles. The highest BCUT2D eigenvalue weighted by atomic mass is 16.6. The Hall–Kier alpha value is -2.68. The van der Waals surface area contributed by atoms with Gasteiger partial charge >= 0.3 is 12.0 Å². The highest BCUT2D eigenvalue weighted by Gasteiger charge is 2.18. The Kier molecular flexibility index (Phi) is 5.61. The molecule has 0 heterocycles. The van der Waals surface area contributed by atoms with Crippen molar-refractivity contribution in [3.05, 3.63) is 33.9 Å². The highest BCUT2D eigenvalue weighted by molar-refractivity contribution is 5.91. The van der Waals surface area contributed by atoms with Crippen molar-refractivity contribution < 1.29 is 24.4 Å². The van der Waals surface area contributed by atoms with E-state index in [1.54, 1.807) is 0 Å². The van der Waals surface area contributed by atoms with E-state index in [1.807, 2.05) is 0 Å². The molecule has 21 heavy (non-hydrogen) atoms. The lowest BCUT2D eigenvalue weighted by atomic mass is 10.1. The molecule has 9 nitrogen and oxygen atoms in total. The number of anilines is 1. The maximum absolute atomic E-state index is 11.6. The van der Waals surface area contributed by atoms with Crippen LogP contribution in [0, 0.1) is 17.0 Å². The van der Waals surface area contributed by atoms with Gasteiger partial charge in [-0.1, -0.05) is 6.07 Å². The lowest BCUT2D eigenvalue weighted by Gasteiger charge is -2.13. The summed E-state index contributed by atoms with van der Waals surface area (Å²) >= 11 is 0. The number of carboxylic acids is 1. The van der Waals surface area contributed by atoms with E-state index in [-0.39, 0.29) is 17.9 Å². The van der Waals surface area contributed by atoms with Crippen LogP contribution in [-0.4, -0.2) is 41.8 Å². The lowest BCUT2D eigenvalue weighted by Crippen LogP contribution is -2.39. The van der Waals surface area contributed by atoms with Crippen molar-refractivity contribution in [2.45, 2.75) is 13.0 Å². The van der Waals surface area contributed by atoms with Gasteiger partial charge in [0.25, 0.3) is 5.69 Å². The average Bonchev–Trinajstić information content (AvgIpc) is 2.41. The molecule has 114 valence electrons. The van der Waals surface area contributed by atoms with Crippen molar-refractivity contribution in [2.24, 2.45) is 0 Å². The Morgan fingerprint density at radius 2 is 2.14 bits per heavy atom. The summed E-state index contributed by atoms with van der Waals surface area (Å²) in [4.78, 5) is 32.6. The van der Waals surface area contributed by atoms with E-state index < -0.39 is 23.0 Å². The van der Waals surface area contributed by atoms with Crippen LogP contribution in [0.15, 0.2) is 18.2 Å². The van der Waals surface area contributed by atoms with Crippen LogP contribution in [0.2, 0.25) is 0 Å². The summed E-state index contributed by atoms with van der Waals surface area (Å²) in [5.74, 6) is -1.20. The first-order valence-corrected chi connectivity index (χ1v) is 5.91. The van der Waals surface area contributed by atoms with Crippen LogP contribution in [-0.2, 0) is 9.53 Å². The molecule has 0 saturated carbocycles. The Bertz CT molecular complexity index is 560. The third kappa shape index (κ3) is 4.42. The number of aliphatic carboxylic acids is 1. The van der Waals surface area contributed by atoms with Gasteiger partial charge in [0, 0.05) is 13.2 Å². The first-order valence-electron chi connectivity index (χ1n) is 5.91. The zero-order chi connectivity index (χ0) is 16.0. The number of nitrogens with one attached hydrogen (secondary N) is 2. The lowest BCUT2D eigenvalue weighted by molar-refractivity contribution is -0.385. The summed E-state index contributed by atoms with van der Waals surface area (Å²) in [5.41, 5.74) is 0.457. The monoisotopic (exact) mass is 297 g/mol. The van der Waals surface area contributed by atoms with E-state index >= 15 is 0 Å². The average molecular weight is 297 g/mol. The molecule has 0 aliphatic heterocycles. The Balaban J connectivity index is 2.69. The maximum atomic E-state index is 11.6. The molecule has 0 aromatic heterocycles. The summed E-state index contributed by atoms with van der Waals surface area (Å²) in [6, 6.07) is 3.59. The minimum absolute atomic E-state index is 0.117. The van der Waals surface area contributed by atoms with Crippen molar-refractivity contribution >= 4 is 23.4 Å². The number of carbonyl (C=O) groups excluding carboxylic acids is 1. The number of hydrogen-bond acceptors (Lipinski definition) is 5. The largest absolute Gasteiger partial charge is 0.479 e. The van der Waals surface area contributed by atoms with E-state index in [4.69, 9.17) is 5.11 Å². The fourth-order valence-corrected chi connectivity index (χ4v) is 1.58. The molecule has 1 atom stereocenters. The highest BCUT2D eigenvalue weighted by Crippen LogP contribution is 2.24. The molecule has 1 unspecified atom stereocenters. The van der Waals surface area contributed by atoms with E-state index in [1.165, 1.54) is 32.2 Å². The zero-order valence-electron chi connectivity index (χ0n) is 11.5. The number of benzene rings is 1. The summed E-state index contributed by atoms with van der Waals surface area (Å²) in [7, 11) is 1.21. The molecular formula is C12H15N3O6. The molecule has 0 spiro atoms. The molecule has 1 rings (SSSR count). The topological polar surface area (TPSA) is 131 Å². The van der Waals surface area contributed by atoms with Gasteiger partial charge in [-0.3, -0.25) is 10.1 Å². The minimum atomic E-state index is -1.20. The van der Waals surface area contributed by atoms with Gasteiger partial charge in [-0.25, -0.2) is 9.59 Å². The predicted molar refractivity (Wildman–Crippen MR) is 73.3 cm³/mol. The van der Waals surface area contributed by atoms with Crippen molar-refractivity contribution in [3.63, 3.8) is 0 Å². The Morgan fingerprint density at radius 3 is 2.67 bits per heavy atom. The van der Waals surface area contributed by atoms with Gasteiger partial charge in [-0.2, -0.15) is 0 Å². The molecular weight excluding hydrogens is 282 g/mol. The van der Waals surface area contributed by atoms with Gasteiger partial charge < -0.3 is 20.5 Å². The number of urea groups is 1. The van der Waals surface area contributed by atoms with E-state index in [0.29, 0.717) is 5.56 Å². The Morgan fingerprint density at radius 1 is 1.48 bits per heavy atom. The number of nitro groups is 1. The number of rotatable bonds is 6.